The van der Waals surface area contributed by atoms with Crippen molar-refractivity contribution in [1.82, 2.24) is 4.98 Å². The number of hydrogen-bond donors (Lipinski definition) is 2. The second-order valence-electron chi connectivity index (χ2n) is 7.15. The molecule has 0 bridgehead atoms. The lowest BCUT2D eigenvalue weighted by atomic mass is 10.1. The summed E-state index contributed by atoms with van der Waals surface area (Å²) in [4.78, 5) is 30.0. The maximum absolute atomic E-state index is 13.3. The topological polar surface area (TPSA) is 71.1 Å². The molecule has 1 atom stereocenters. The standard InChI is InChI=1S/C25H20ClN3O2S2/c1-16(30)27-20-11-13-21(14-12-20)33-23(18-5-3-2-4-6-18)24(31)29-25-28-22(15-32-25)17-7-9-19(26)10-8-17/h2-15,23H,1H3,(H,27,30)(H,28,29,31). The molecule has 4 aromatic rings. The third kappa shape index (κ3) is 6.22. The van der Waals surface area contributed by atoms with Crippen molar-refractivity contribution in [2.24, 2.45) is 0 Å². The average molecular weight is 494 g/mol. The van der Waals surface area contributed by atoms with Crippen LogP contribution < -0.4 is 10.6 Å². The Morgan fingerprint density at radius 2 is 1.64 bits per heavy atom. The van der Waals surface area contributed by atoms with Gasteiger partial charge in [0, 0.05) is 33.5 Å². The van der Waals surface area contributed by atoms with Crippen LogP contribution in [0.2, 0.25) is 5.02 Å². The van der Waals surface area contributed by atoms with Gasteiger partial charge in [-0.2, -0.15) is 0 Å². The fourth-order valence-electron chi connectivity index (χ4n) is 3.11. The molecule has 2 N–H and O–H groups in total. The molecular weight excluding hydrogens is 474 g/mol. The van der Waals surface area contributed by atoms with Gasteiger partial charge in [-0.3, -0.25) is 9.59 Å². The van der Waals surface area contributed by atoms with Crippen LogP contribution in [0.1, 0.15) is 17.7 Å². The highest BCUT2D eigenvalue weighted by molar-refractivity contribution is 8.00. The van der Waals surface area contributed by atoms with Crippen LogP contribution in [0, 0.1) is 0 Å². The molecule has 33 heavy (non-hydrogen) atoms. The number of carbonyl (C=O) groups excluding carboxylic acids is 2. The molecule has 0 saturated carbocycles. The van der Waals surface area contributed by atoms with Gasteiger partial charge in [0.2, 0.25) is 11.8 Å². The van der Waals surface area contributed by atoms with Crippen molar-refractivity contribution in [2.45, 2.75) is 17.1 Å². The largest absolute Gasteiger partial charge is 0.326 e. The average Bonchev–Trinajstić information content (AvgIpc) is 3.27. The second kappa shape index (κ2) is 10.7. The van der Waals surface area contributed by atoms with E-state index in [0.29, 0.717) is 15.8 Å². The molecule has 2 amide bonds. The van der Waals surface area contributed by atoms with Crippen molar-refractivity contribution in [3.8, 4) is 11.3 Å². The summed E-state index contributed by atoms with van der Waals surface area (Å²) in [6.07, 6.45) is 0. The van der Waals surface area contributed by atoms with Crippen molar-refractivity contribution in [3.05, 3.63) is 94.8 Å². The zero-order chi connectivity index (χ0) is 23.2. The van der Waals surface area contributed by atoms with Crippen molar-refractivity contribution in [1.29, 1.82) is 0 Å². The Morgan fingerprint density at radius 3 is 2.30 bits per heavy atom. The maximum atomic E-state index is 13.3. The highest BCUT2D eigenvalue weighted by atomic mass is 35.5. The number of hydrogen-bond acceptors (Lipinski definition) is 5. The number of thiazole rings is 1. The number of benzene rings is 3. The fraction of sp³-hybridized carbons (Fsp3) is 0.0800. The summed E-state index contributed by atoms with van der Waals surface area (Å²) < 4.78 is 0. The van der Waals surface area contributed by atoms with E-state index in [1.165, 1.54) is 30.0 Å². The van der Waals surface area contributed by atoms with E-state index in [1.807, 2.05) is 84.2 Å². The molecule has 3 aromatic carbocycles. The number of halogens is 1. The Morgan fingerprint density at radius 1 is 0.939 bits per heavy atom. The van der Waals surface area contributed by atoms with E-state index in [9.17, 15) is 9.59 Å². The molecule has 0 fully saturated rings. The first-order chi connectivity index (χ1) is 16.0. The van der Waals surface area contributed by atoms with Crippen LogP contribution in [0.4, 0.5) is 10.8 Å². The Labute approximate surface area is 205 Å². The van der Waals surface area contributed by atoms with E-state index < -0.39 is 5.25 Å². The monoisotopic (exact) mass is 493 g/mol. The zero-order valence-corrected chi connectivity index (χ0v) is 20.0. The molecular formula is C25H20ClN3O2S2. The van der Waals surface area contributed by atoms with Crippen LogP contribution in [0.3, 0.4) is 0 Å². The summed E-state index contributed by atoms with van der Waals surface area (Å²) in [6.45, 7) is 1.47. The van der Waals surface area contributed by atoms with Crippen LogP contribution >= 0.6 is 34.7 Å². The van der Waals surface area contributed by atoms with Crippen LogP contribution in [0.25, 0.3) is 11.3 Å². The molecule has 0 spiro atoms. The first-order valence-electron chi connectivity index (χ1n) is 10.1. The highest BCUT2D eigenvalue weighted by Gasteiger charge is 2.23. The molecule has 0 saturated heterocycles. The summed E-state index contributed by atoms with van der Waals surface area (Å²) in [5, 5.41) is 8.35. The minimum absolute atomic E-state index is 0.127. The van der Waals surface area contributed by atoms with Gasteiger partial charge in [0.25, 0.3) is 0 Å². The molecule has 0 aliphatic rings. The van der Waals surface area contributed by atoms with Crippen LogP contribution in [-0.2, 0) is 9.59 Å². The quantitative estimate of drug-likeness (QED) is 0.275. The van der Waals surface area contributed by atoms with Gasteiger partial charge in [-0.05, 0) is 42.0 Å². The predicted molar refractivity (Wildman–Crippen MR) is 137 cm³/mol. The van der Waals surface area contributed by atoms with Crippen LogP contribution in [0.15, 0.2) is 89.1 Å². The van der Waals surface area contributed by atoms with Crippen molar-refractivity contribution < 1.29 is 9.59 Å². The lowest BCUT2D eigenvalue weighted by Crippen LogP contribution is -2.19. The normalized spacial score (nSPS) is 11.6. The van der Waals surface area contributed by atoms with Crippen molar-refractivity contribution in [3.63, 3.8) is 0 Å². The third-order valence-electron chi connectivity index (χ3n) is 4.64. The Balaban J connectivity index is 1.52. The number of amides is 2. The first kappa shape index (κ1) is 23.0. The van der Waals surface area contributed by atoms with Crippen LogP contribution in [0.5, 0.6) is 0 Å². The number of aromatic nitrogens is 1. The van der Waals surface area contributed by atoms with Crippen molar-refractivity contribution in [2.75, 3.05) is 10.6 Å². The lowest BCUT2D eigenvalue weighted by molar-refractivity contribution is -0.116. The lowest BCUT2D eigenvalue weighted by Gasteiger charge is -2.16. The first-order valence-corrected chi connectivity index (χ1v) is 12.2. The van der Waals surface area contributed by atoms with Gasteiger partial charge >= 0.3 is 0 Å². The van der Waals surface area contributed by atoms with E-state index >= 15 is 0 Å². The molecule has 0 radical (unpaired) electrons. The molecule has 1 heterocycles. The van der Waals surface area contributed by atoms with Gasteiger partial charge in [-0.1, -0.05) is 54.1 Å². The van der Waals surface area contributed by atoms with Gasteiger partial charge in [0.1, 0.15) is 5.25 Å². The van der Waals surface area contributed by atoms with Gasteiger partial charge in [-0.15, -0.1) is 23.1 Å². The molecule has 166 valence electrons. The summed E-state index contributed by atoms with van der Waals surface area (Å²) in [6, 6.07) is 24.5. The molecule has 5 nitrogen and oxygen atoms in total. The molecule has 8 heteroatoms. The fourth-order valence-corrected chi connectivity index (χ4v) is 4.99. The third-order valence-corrected chi connectivity index (χ3v) is 6.92. The molecule has 1 unspecified atom stereocenters. The van der Waals surface area contributed by atoms with E-state index in [2.05, 4.69) is 15.6 Å². The number of anilines is 2. The zero-order valence-electron chi connectivity index (χ0n) is 17.6. The predicted octanol–water partition coefficient (Wildman–Crippen LogP) is 6.89. The second-order valence-corrected chi connectivity index (χ2v) is 9.62. The van der Waals surface area contributed by atoms with Gasteiger partial charge in [0.05, 0.1) is 5.69 Å². The van der Waals surface area contributed by atoms with E-state index in [-0.39, 0.29) is 11.8 Å². The summed E-state index contributed by atoms with van der Waals surface area (Å²) in [5.41, 5.74) is 3.32. The number of thioether (sulfide) groups is 1. The number of nitrogens with zero attached hydrogens (tertiary/aromatic N) is 1. The Hall–Kier alpha value is -3.13. The van der Waals surface area contributed by atoms with E-state index in [0.717, 1.165) is 21.7 Å². The molecule has 1 aromatic heterocycles. The van der Waals surface area contributed by atoms with Gasteiger partial charge in [0.15, 0.2) is 5.13 Å². The van der Waals surface area contributed by atoms with Crippen molar-refractivity contribution >= 4 is 57.3 Å². The summed E-state index contributed by atoms with van der Waals surface area (Å²) >= 11 is 8.78. The molecule has 0 aliphatic carbocycles. The van der Waals surface area contributed by atoms with E-state index in [4.69, 9.17) is 11.6 Å². The molecule has 4 rings (SSSR count). The highest BCUT2D eigenvalue weighted by Crippen LogP contribution is 2.37. The summed E-state index contributed by atoms with van der Waals surface area (Å²) in [7, 11) is 0. The number of carbonyl (C=O) groups is 2. The van der Waals surface area contributed by atoms with Gasteiger partial charge < -0.3 is 10.6 Å². The number of nitrogens with one attached hydrogen (secondary N) is 2. The molecule has 0 aliphatic heterocycles. The van der Waals surface area contributed by atoms with E-state index in [1.54, 1.807) is 0 Å². The Kier molecular flexibility index (Phi) is 7.44. The minimum Gasteiger partial charge on any atom is -0.326 e. The smallest absolute Gasteiger partial charge is 0.244 e. The van der Waals surface area contributed by atoms with Gasteiger partial charge in [-0.25, -0.2) is 4.98 Å². The SMILES string of the molecule is CC(=O)Nc1ccc(SC(C(=O)Nc2nc(-c3ccc(Cl)cc3)cs2)c2ccccc2)cc1. The minimum atomic E-state index is -0.472. The number of rotatable bonds is 7. The summed E-state index contributed by atoms with van der Waals surface area (Å²) in [5.74, 6) is -0.285. The maximum Gasteiger partial charge on any atom is 0.244 e. The van der Waals surface area contributed by atoms with Crippen LogP contribution in [-0.4, -0.2) is 16.8 Å². The Bertz CT molecular complexity index is 1240.